The maximum Gasteiger partial charge on any atom is 0.220 e. The van der Waals surface area contributed by atoms with Gasteiger partial charge in [-0.25, -0.2) is 0 Å². The quantitative estimate of drug-likeness (QED) is 0.0199. The van der Waals surface area contributed by atoms with E-state index in [0.29, 0.717) is 12.8 Å². The number of ether oxygens (including phenoxy) is 6. The van der Waals surface area contributed by atoms with Crippen molar-refractivity contribution in [3.8, 4) is 0 Å². The smallest absolute Gasteiger partial charge is 0.220 e. The Balaban J connectivity index is 1.35. The van der Waals surface area contributed by atoms with Crippen molar-refractivity contribution in [2.24, 2.45) is 0 Å². The van der Waals surface area contributed by atoms with Crippen LogP contribution in [0.5, 0.6) is 0 Å². The summed E-state index contributed by atoms with van der Waals surface area (Å²) in [6, 6.07) is -1.01. The molecule has 3 heterocycles. The Hall–Kier alpha value is -4.33. The molecule has 648 valence electrons. The molecule has 12 N–H and O–H groups in total. The number of nitrogens with one attached hydrogen (secondary N) is 1. The van der Waals surface area contributed by atoms with E-state index in [1.54, 1.807) is 6.08 Å². The summed E-state index contributed by atoms with van der Waals surface area (Å²) in [6.45, 7) is 1.61. The minimum atomic E-state index is -1.99. The van der Waals surface area contributed by atoms with E-state index in [-0.39, 0.29) is 18.9 Å². The molecule has 0 spiro atoms. The normalized spacial score (nSPS) is 25.5. The fourth-order valence-electron chi connectivity index (χ4n) is 14.0. The molecule has 113 heavy (non-hydrogen) atoms. The van der Waals surface area contributed by atoms with Gasteiger partial charge in [0.15, 0.2) is 18.9 Å². The molecule has 0 radical (unpaired) electrons. The highest BCUT2D eigenvalue weighted by Gasteiger charge is 2.54. The molecule has 19 nitrogen and oxygen atoms in total. The summed E-state index contributed by atoms with van der Waals surface area (Å²) in [7, 11) is 0. The molecule has 0 aromatic heterocycles. The summed E-state index contributed by atoms with van der Waals surface area (Å²) in [5.74, 6) is -0.296. The van der Waals surface area contributed by atoms with E-state index in [9.17, 15) is 61.0 Å². The number of unbranched alkanes of at least 4 members (excludes halogenated alkanes) is 32. The SMILES string of the molecule is CC/C=C\C/C=C\C/C=C\C/C=C\C/C=C\C/C=C\C/C=C\C/C=C\C/C=C\CCCCCCCCCCCCCC(=O)NC(COC1OC(CO)C(OC2OC(CO)C(OC3OC(CO)C(O)C(O)C3O)C(O)C2O)C(O)C1O)C(O)/C=C/CC/C=C/CC/C=C/CCCCCCCCCCCCCCCCCCCCC. The summed E-state index contributed by atoms with van der Waals surface area (Å²) < 4.78 is 34.5. The number of carbonyl (C=O) groups is 1. The second kappa shape index (κ2) is 71.8. The standard InChI is InChI=1S/C94H159NO18/c1-3-5-7-9-11-13-15-17-19-21-23-25-27-29-31-33-34-35-36-37-38-39-40-41-42-44-46-48-50-52-54-56-58-60-62-64-66-68-70-72-82(100)95-77(78(99)71-69-67-65-63-61-59-57-55-53-51-49-47-45-43-32-30-28-26-24-22-20-18-16-14-12-10-8-6-4-2)76-108-92-88(106)85(103)90(80(74-97)110-92)113-94-89(107)86(104)91(81(75-98)111-94)112-93-87(105)84(102)83(101)79(73-96)109-93/h5,7,11,13,17,19,23,25,29,31,34-35,37-38,40-41,44,46,53,55,61,63,69,71,77-81,83-94,96-99,101-107H,3-4,6,8-10,12,14-16,18,20-22,24,26-28,30,32-33,36,39,42-43,45,47-52,54,56-60,62,64-68,70,72-76H2,1-2H3,(H,95,100)/b7-5-,13-11-,19-17-,25-23-,31-29-,35-34-,38-37-,41-40-,46-44-,55-53+,63-61+,71-69+. The van der Waals surface area contributed by atoms with Crippen LogP contribution in [-0.4, -0.2) is 193 Å². The van der Waals surface area contributed by atoms with E-state index in [0.717, 1.165) is 116 Å². The largest absolute Gasteiger partial charge is 0.394 e. The van der Waals surface area contributed by atoms with Crippen molar-refractivity contribution < 1.29 is 89.4 Å². The molecular weight excluding hydrogens is 1430 g/mol. The first kappa shape index (κ1) is 103. The molecule has 0 saturated carbocycles. The Bertz CT molecular complexity index is 2610. The number of amides is 1. The van der Waals surface area contributed by atoms with Gasteiger partial charge in [-0.2, -0.15) is 0 Å². The van der Waals surface area contributed by atoms with Crippen molar-refractivity contribution in [1.29, 1.82) is 0 Å². The third-order valence-electron chi connectivity index (χ3n) is 21.1. The van der Waals surface area contributed by atoms with Crippen LogP contribution in [0.4, 0.5) is 0 Å². The highest BCUT2D eigenvalue weighted by molar-refractivity contribution is 5.76. The van der Waals surface area contributed by atoms with Crippen LogP contribution in [0.15, 0.2) is 146 Å². The van der Waals surface area contributed by atoms with E-state index in [4.69, 9.17) is 28.4 Å². The van der Waals surface area contributed by atoms with Gasteiger partial charge in [0, 0.05) is 6.42 Å². The number of aliphatic hydroxyl groups excluding tert-OH is 11. The Labute approximate surface area is 683 Å². The summed E-state index contributed by atoms with van der Waals surface area (Å²) in [5, 5.41) is 121. The van der Waals surface area contributed by atoms with Crippen LogP contribution in [0.2, 0.25) is 0 Å². The monoisotopic (exact) mass is 1590 g/mol. The first-order valence-corrected chi connectivity index (χ1v) is 44.6. The molecule has 0 aliphatic carbocycles. The van der Waals surface area contributed by atoms with Gasteiger partial charge in [0.25, 0.3) is 0 Å². The van der Waals surface area contributed by atoms with Crippen molar-refractivity contribution in [3.05, 3.63) is 146 Å². The molecule has 3 aliphatic heterocycles. The molecule has 3 saturated heterocycles. The summed E-state index contributed by atoms with van der Waals surface area (Å²) in [5.41, 5.74) is 0. The van der Waals surface area contributed by atoms with Gasteiger partial charge >= 0.3 is 0 Å². The zero-order chi connectivity index (χ0) is 81.7. The Morgan fingerprint density at radius 2 is 0.619 bits per heavy atom. The van der Waals surface area contributed by atoms with E-state index in [1.807, 2.05) is 6.08 Å². The summed E-state index contributed by atoms with van der Waals surface area (Å²) in [6.07, 6.45) is 78.4. The zero-order valence-corrected chi connectivity index (χ0v) is 69.8. The average molecular weight is 1590 g/mol. The first-order valence-electron chi connectivity index (χ1n) is 44.6. The number of carbonyl (C=O) groups excluding carboxylic acids is 1. The maximum atomic E-state index is 13.5. The van der Waals surface area contributed by atoms with Gasteiger partial charge in [-0.3, -0.25) is 4.79 Å². The number of allylic oxidation sites excluding steroid dienone is 23. The Morgan fingerprint density at radius 1 is 0.327 bits per heavy atom. The lowest BCUT2D eigenvalue weighted by Gasteiger charge is -2.48. The number of hydrogen-bond donors (Lipinski definition) is 12. The second-order valence-electron chi connectivity index (χ2n) is 31.0. The van der Waals surface area contributed by atoms with E-state index >= 15 is 0 Å². The molecular formula is C94H159NO18. The van der Waals surface area contributed by atoms with Gasteiger partial charge in [0.05, 0.1) is 38.6 Å². The van der Waals surface area contributed by atoms with Crippen molar-refractivity contribution >= 4 is 5.91 Å². The van der Waals surface area contributed by atoms with Gasteiger partial charge < -0.3 is 89.9 Å². The number of hydrogen-bond acceptors (Lipinski definition) is 18. The fraction of sp³-hybridized carbons (Fsp3) is 0.734. The highest BCUT2D eigenvalue weighted by atomic mass is 16.8. The van der Waals surface area contributed by atoms with Crippen molar-refractivity contribution in [1.82, 2.24) is 5.32 Å². The predicted octanol–water partition coefficient (Wildman–Crippen LogP) is 17.0. The van der Waals surface area contributed by atoms with Crippen LogP contribution in [-0.2, 0) is 33.2 Å². The molecule has 0 aromatic rings. The van der Waals surface area contributed by atoms with Crippen LogP contribution >= 0.6 is 0 Å². The van der Waals surface area contributed by atoms with Crippen molar-refractivity contribution in [2.75, 3.05) is 26.4 Å². The summed E-state index contributed by atoms with van der Waals surface area (Å²) in [4.78, 5) is 13.5. The van der Waals surface area contributed by atoms with Crippen LogP contribution in [0.1, 0.15) is 309 Å². The number of aliphatic hydroxyl groups is 11. The lowest BCUT2D eigenvalue weighted by Crippen LogP contribution is -2.66. The van der Waals surface area contributed by atoms with E-state index in [1.165, 1.54) is 161 Å². The molecule has 3 fully saturated rings. The van der Waals surface area contributed by atoms with Crippen LogP contribution in [0.3, 0.4) is 0 Å². The molecule has 3 rings (SSSR count). The lowest BCUT2D eigenvalue weighted by molar-refractivity contribution is -0.379. The molecule has 1 amide bonds. The average Bonchev–Trinajstić information content (AvgIpc) is 0.780. The highest BCUT2D eigenvalue weighted by Crippen LogP contribution is 2.33. The minimum absolute atomic E-state index is 0.220. The van der Waals surface area contributed by atoms with E-state index in [2.05, 4.69) is 153 Å². The van der Waals surface area contributed by atoms with Gasteiger partial charge in [0.2, 0.25) is 5.91 Å². The predicted molar refractivity (Wildman–Crippen MR) is 456 cm³/mol. The van der Waals surface area contributed by atoms with E-state index < -0.39 is 124 Å². The maximum absolute atomic E-state index is 13.5. The van der Waals surface area contributed by atoms with Gasteiger partial charge in [0.1, 0.15) is 73.2 Å². The molecule has 17 unspecified atom stereocenters. The minimum Gasteiger partial charge on any atom is -0.394 e. The van der Waals surface area contributed by atoms with Gasteiger partial charge in [-0.05, 0) is 116 Å². The third kappa shape index (κ3) is 50.3. The van der Waals surface area contributed by atoms with Crippen LogP contribution < -0.4 is 5.32 Å². The van der Waals surface area contributed by atoms with Gasteiger partial charge in [-0.15, -0.1) is 0 Å². The third-order valence-corrected chi connectivity index (χ3v) is 21.1. The van der Waals surface area contributed by atoms with Crippen molar-refractivity contribution in [3.63, 3.8) is 0 Å². The summed E-state index contributed by atoms with van der Waals surface area (Å²) >= 11 is 0. The zero-order valence-electron chi connectivity index (χ0n) is 69.8. The Kier molecular flexibility index (Phi) is 65.3. The number of rotatable bonds is 70. The molecule has 3 aliphatic rings. The molecule has 0 aromatic carbocycles. The lowest BCUT2D eigenvalue weighted by atomic mass is 9.96. The fourth-order valence-corrected chi connectivity index (χ4v) is 14.0. The first-order chi connectivity index (χ1) is 55.3. The van der Waals surface area contributed by atoms with Crippen LogP contribution in [0, 0.1) is 0 Å². The molecule has 17 atom stereocenters. The molecule has 0 bridgehead atoms. The topological polar surface area (TPSA) is 307 Å². The second-order valence-corrected chi connectivity index (χ2v) is 31.0. The van der Waals surface area contributed by atoms with Gasteiger partial charge in [-0.1, -0.05) is 333 Å². The van der Waals surface area contributed by atoms with Crippen LogP contribution in [0.25, 0.3) is 0 Å². The van der Waals surface area contributed by atoms with Crippen molar-refractivity contribution in [2.45, 2.75) is 413 Å². The Morgan fingerprint density at radius 3 is 0.991 bits per heavy atom. The molecule has 19 heteroatoms.